The van der Waals surface area contributed by atoms with Gasteiger partial charge in [0.05, 0.1) is 12.1 Å². The van der Waals surface area contributed by atoms with E-state index in [1.165, 1.54) is 0 Å². The normalized spacial score (nSPS) is 9.67. The Labute approximate surface area is 94.9 Å². The van der Waals surface area contributed by atoms with Crippen LogP contribution in [0.4, 0.5) is 5.69 Å². The summed E-state index contributed by atoms with van der Waals surface area (Å²) < 4.78 is 0.737. The van der Waals surface area contributed by atoms with E-state index >= 15 is 0 Å². The first kappa shape index (κ1) is 11.5. The molecule has 0 fully saturated rings. The molecule has 0 aliphatic carbocycles. The Morgan fingerprint density at radius 1 is 1.40 bits per heavy atom. The van der Waals surface area contributed by atoms with Crippen molar-refractivity contribution in [2.75, 3.05) is 12.3 Å². The third-order valence-corrected chi connectivity index (χ3v) is 2.18. The van der Waals surface area contributed by atoms with Gasteiger partial charge in [-0.25, -0.2) is 0 Å². The Bertz CT molecular complexity index is 406. The molecule has 15 heavy (non-hydrogen) atoms. The lowest BCUT2D eigenvalue weighted by molar-refractivity contribution is -0.117. The van der Waals surface area contributed by atoms with Gasteiger partial charge in [-0.1, -0.05) is 15.9 Å². The van der Waals surface area contributed by atoms with Crippen molar-refractivity contribution >= 4 is 33.4 Å². The van der Waals surface area contributed by atoms with E-state index in [0.717, 1.165) is 4.47 Å². The summed E-state index contributed by atoms with van der Waals surface area (Å²) in [5.41, 5.74) is 11.1. The fourth-order valence-corrected chi connectivity index (χ4v) is 1.35. The number of nitrogens with one attached hydrogen (secondary N) is 1. The number of amides is 2. The van der Waals surface area contributed by atoms with E-state index in [4.69, 9.17) is 11.5 Å². The van der Waals surface area contributed by atoms with Gasteiger partial charge in [-0.3, -0.25) is 9.59 Å². The molecule has 0 spiro atoms. The van der Waals surface area contributed by atoms with Crippen LogP contribution in [0.3, 0.4) is 0 Å². The zero-order chi connectivity index (χ0) is 11.4. The molecular weight excluding hydrogens is 262 g/mol. The highest BCUT2D eigenvalue weighted by Gasteiger charge is 2.10. The van der Waals surface area contributed by atoms with Gasteiger partial charge < -0.3 is 16.8 Å². The maximum atomic E-state index is 11.5. The Hall–Kier alpha value is -1.56. The molecule has 0 aliphatic rings. The number of nitrogens with two attached hydrogens (primary N) is 2. The van der Waals surface area contributed by atoms with Crippen LogP contribution in [0.1, 0.15) is 10.4 Å². The molecule has 0 heterocycles. The SMILES string of the molecule is NC(=O)CNC(=O)c1cc(Br)ccc1N. The molecule has 1 rings (SSSR count). The van der Waals surface area contributed by atoms with Crippen molar-refractivity contribution in [3.05, 3.63) is 28.2 Å². The molecular formula is C9H10BrN3O2. The minimum Gasteiger partial charge on any atom is -0.398 e. The van der Waals surface area contributed by atoms with E-state index in [-0.39, 0.29) is 6.54 Å². The molecule has 0 saturated heterocycles. The highest BCUT2D eigenvalue weighted by Crippen LogP contribution is 2.17. The molecule has 0 aromatic heterocycles. The van der Waals surface area contributed by atoms with E-state index in [2.05, 4.69) is 21.2 Å². The van der Waals surface area contributed by atoms with Crippen LogP contribution >= 0.6 is 15.9 Å². The first-order valence-corrected chi connectivity index (χ1v) is 4.91. The number of anilines is 1. The van der Waals surface area contributed by atoms with Gasteiger partial charge in [0.2, 0.25) is 5.91 Å². The van der Waals surface area contributed by atoms with Crippen molar-refractivity contribution in [2.24, 2.45) is 5.73 Å². The minimum atomic E-state index is -0.600. The van der Waals surface area contributed by atoms with Gasteiger partial charge in [-0.15, -0.1) is 0 Å². The van der Waals surface area contributed by atoms with Gasteiger partial charge in [0.1, 0.15) is 0 Å². The molecule has 5 nitrogen and oxygen atoms in total. The Morgan fingerprint density at radius 3 is 2.67 bits per heavy atom. The van der Waals surface area contributed by atoms with E-state index in [1.807, 2.05) is 0 Å². The molecule has 2 amide bonds. The van der Waals surface area contributed by atoms with Crippen molar-refractivity contribution in [1.29, 1.82) is 0 Å². The summed E-state index contributed by atoms with van der Waals surface area (Å²) in [4.78, 5) is 22.0. The largest absolute Gasteiger partial charge is 0.398 e. The lowest BCUT2D eigenvalue weighted by Gasteiger charge is -2.06. The molecule has 5 N–H and O–H groups in total. The Morgan fingerprint density at radius 2 is 2.07 bits per heavy atom. The van der Waals surface area contributed by atoms with E-state index in [1.54, 1.807) is 18.2 Å². The maximum Gasteiger partial charge on any atom is 0.253 e. The molecule has 1 aromatic carbocycles. The smallest absolute Gasteiger partial charge is 0.253 e. The lowest BCUT2D eigenvalue weighted by atomic mass is 10.1. The number of hydrogen-bond acceptors (Lipinski definition) is 3. The number of benzene rings is 1. The molecule has 0 unspecified atom stereocenters. The van der Waals surface area contributed by atoms with E-state index in [0.29, 0.717) is 11.3 Å². The van der Waals surface area contributed by atoms with E-state index < -0.39 is 11.8 Å². The fraction of sp³-hybridized carbons (Fsp3) is 0.111. The van der Waals surface area contributed by atoms with Crippen molar-refractivity contribution in [2.45, 2.75) is 0 Å². The number of hydrogen-bond donors (Lipinski definition) is 3. The fourth-order valence-electron chi connectivity index (χ4n) is 0.988. The van der Waals surface area contributed by atoms with Crippen molar-refractivity contribution in [1.82, 2.24) is 5.32 Å². The molecule has 0 radical (unpaired) electrons. The van der Waals surface area contributed by atoms with Gasteiger partial charge in [0.25, 0.3) is 5.91 Å². The number of primary amides is 1. The summed E-state index contributed by atoms with van der Waals surface area (Å²) in [6.45, 7) is -0.204. The zero-order valence-corrected chi connectivity index (χ0v) is 9.37. The third-order valence-electron chi connectivity index (χ3n) is 1.68. The molecule has 80 valence electrons. The van der Waals surface area contributed by atoms with Crippen LogP contribution in [0.2, 0.25) is 0 Å². The number of rotatable bonds is 3. The predicted octanol–water partition coefficient (Wildman–Crippen LogP) is 0.246. The van der Waals surface area contributed by atoms with Gasteiger partial charge in [-0.2, -0.15) is 0 Å². The van der Waals surface area contributed by atoms with Crippen LogP contribution in [0, 0.1) is 0 Å². The molecule has 6 heteroatoms. The lowest BCUT2D eigenvalue weighted by Crippen LogP contribution is -2.33. The summed E-state index contributed by atoms with van der Waals surface area (Å²) in [7, 11) is 0. The third kappa shape index (κ3) is 3.25. The van der Waals surface area contributed by atoms with Crippen LogP contribution in [0.25, 0.3) is 0 Å². The predicted molar refractivity (Wildman–Crippen MR) is 60.1 cm³/mol. The topological polar surface area (TPSA) is 98.2 Å². The number of nitrogen functional groups attached to an aromatic ring is 1. The van der Waals surface area contributed by atoms with Crippen molar-refractivity contribution in [3.8, 4) is 0 Å². The molecule has 0 aliphatic heterocycles. The minimum absolute atomic E-state index is 0.204. The van der Waals surface area contributed by atoms with Crippen molar-refractivity contribution < 1.29 is 9.59 Å². The number of carbonyl (C=O) groups is 2. The first-order valence-electron chi connectivity index (χ1n) is 4.12. The Balaban J connectivity index is 2.81. The highest BCUT2D eigenvalue weighted by atomic mass is 79.9. The number of carbonyl (C=O) groups excluding carboxylic acids is 2. The first-order chi connectivity index (χ1) is 7.00. The van der Waals surface area contributed by atoms with Crippen LogP contribution in [0.5, 0.6) is 0 Å². The van der Waals surface area contributed by atoms with E-state index in [9.17, 15) is 9.59 Å². The van der Waals surface area contributed by atoms with Crippen LogP contribution in [0.15, 0.2) is 22.7 Å². The summed E-state index contributed by atoms with van der Waals surface area (Å²) in [5.74, 6) is -1.02. The second-order valence-corrected chi connectivity index (χ2v) is 3.80. The standard InChI is InChI=1S/C9H10BrN3O2/c10-5-1-2-7(11)6(3-5)9(15)13-4-8(12)14/h1-3H,4,11H2,(H2,12,14)(H,13,15). The highest BCUT2D eigenvalue weighted by molar-refractivity contribution is 9.10. The zero-order valence-electron chi connectivity index (χ0n) is 7.79. The summed E-state index contributed by atoms with van der Waals surface area (Å²) in [6, 6.07) is 4.90. The second kappa shape index (κ2) is 4.79. The monoisotopic (exact) mass is 271 g/mol. The number of halogens is 1. The van der Waals surface area contributed by atoms with Crippen LogP contribution in [-0.4, -0.2) is 18.4 Å². The van der Waals surface area contributed by atoms with Crippen molar-refractivity contribution in [3.63, 3.8) is 0 Å². The maximum absolute atomic E-state index is 11.5. The van der Waals surface area contributed by atoms with Crippen LogP contribution in [-0.2, 0) is 4.79 Å². The van der Waals surface area contributed by atoms with Crippen LogP contribution < -0.4 is 16.8 Å². The molecule has 0 bridgehead atoms. The van der Waals surface area contributed by atoms with Gasteiger partial charge in [-0.05, 0) is 18.2 Å². The summed E-state index contributed by atoms with van der Waals surface area (Å²) in [6.07, 6.45) is 0. The molecule has 1 aromatic rings. The van der Waals surface area contributed by atoms with Gasteiger partial charge >= 0.3 is 0 Å². The summed E-state index contributed by atoms with van der Waals surface area (Å²) in [5, 5.41) is 2.35. The Kier molecular flexibility index (Phi) is 3.68. The van der Waals surface area contributed by atoms with Gasteiger partial charge in [0.15, 0.2) is 0 Å². The van der Waals surface area contributed by atoms with Gasteiger partial charge in [0, 0.05) is 10.2 Å². The molecule has 0 atom stereocenters. The average Bonchev–Trinajstić information content (AvgIpc) is 2.18. The summed E-state index contributed by atoms with van der Waals surface area (Å²) >= 11 is 3.22. The quantitative estimate of drug-likeness (QED) is 0.687. The average molecular weight is 272 g/mol. The second-order valence-electron chi connectivity index (χ2n) is 2.88. The molecule has 0 saturated carbocycles.